The first-order chi connectivity index (χ1) is 8.58. The Kier molecular flexibility index (Phi) is 3.66. The van der Waals surface area contributed by atoms with E-state index in [0.717, 1.165) is 11.0 Å². The summed E-state index contributed by atoms with van der Waals surface area (Å²) in [5.74, 6) is -0.121. The summed E-state index contributed by atoms with van der Waals surface area (Å²) in [7, 11) is 0. The summed E-state index contributed by atoms with van der Waals surface area (Å²) >= 11 is 1.48. The molecule has 0 amide bonds. The molecule has 0 aliphatic heterocycles. The molecule has 0 aromatic carbocycles. The number of nitrogens with zero attached hydrogens (tertiary/aromatic N) is 2. The largest absolute Gasteiger partial charge is 0.478 e. The first kappa shape index (κ1) is 12.6. The second-order valence-corrected chi connectivity index (χ2v) is 5.11. The Morgan fingerprint density at radius 3 is 3.11 bits per heavy atom. The van der Waals surface area contributed by atoms with Crippen LogP contribution in [0.25, 0.3) is 11.0 Å². The van der Waals surface area contributed by atoms with Gasteiger partial charge >= 0.3 is 5.97 Å². The summed E-state index contributed by atoms with van der Waals surface area (Å²) in [5, 5.41) is 10.6. The van der Waals surface area contributed by atoms with Gasteiger partial charge in [0.2, 0.25) is 5.88 Å². The molecule has 0 saturated carbocycles. The van der Waals surface area contributed by atoms with Gasteiger partial charge in [0.05, 0.1) is 6.61 Å². The van der Waals surface area contributed by atoms with Crippen molar-refractivity contribution in [1.29, 1.82) is 0 Å². The number of carboxylic acid groups (broad SMARTS) is 1. The molecule has 0 saturated heterocycles. The predicted molar refractivity (Wildman–Crippen MR) is 70.1 cm³/mol. The molecule has 2 heterocycles. The van der Waals surface area contributed by atoms with Gasteiger partial charge in [-0.25, -0.2) is 4.79 Å². The van der Waals surface area contributed by atoms with Crippen LogP contribution in [0.4, 0.5) is 0 Å². The maximum Gasteiger partial charge on any atom is 0.328 e. The van der Waals surface area contributed by atoms with Gasteiger partial charge in [-0.15, -0.1) is 11.3 Å². The summed E-state index contributed by atoms with van der Waals surface area (Å²) in [4.78, 5) is 15.7. The van der Waals surface area contributed by atoms with Crippen LogP contribution in [0.1, 0.15) is 19.5 Å². The molecule has 2 rings (SSSR count). The van der Waals surface area contributed by atoms with Crippen LogP contribution in [0, 0.1) is 5.92 Å². The zero-order chi connectivity index (χ0) is 13.1. The third-order valence-corrected chi connectivity index (χ3v) is 2.96. The van der Waals surface area contributed by atoms with E-state index >= 15 is 0 Å². The highest BCUT2D eigenvalue weighted by atomic mass is 32.1. The minimum absolute atomic E-state index is 0.390. The second-order valence-electron chi connectivity index (χ2n) is 4.23. The fraction of sp³-hybridized carbons (Fsp3) is 0.333. The van der Waals surface area contributed by atoms with E-state index in [0.29, 0.717) is 24.1 Å². The van der Waals surface area contributed by atoms with Gasteiger partial charge < -0.3 is 9.84 Å². The molecular weight excluding hydrogens is 252 g/mol. The lowest BCUT2D eigenvalue weighted by atomic mass is 10.2. The summed E-state index contributed by atoms with van der Waals surface area (Å²) in [5.41, 5.74) is 0.661. The second kappa shape index (κ2) is 5.22. The molecule has 5 nitrogen and oxygen atoms in total. The zero-order valence-corrected chi connectivity index (χ0v) is 11.0. The van der Waals surface area contributed by atoms with Crippen LogP contribution in [0.2, 0.25) is 0 Å². The van der Waals surface area contributed by atoms with E-state index in [4.69, 9.17) is 9.84 Å². The summed E-state index contributed by atoms with van der Waals surface area (Å²) in [6.45, 7) is 4.65. The van der Waals surface area contributed by atoms with Crippen molar-refractivity contribution in [2.24, 2.45) is 5.92 Å². The van der Waals surface area contributed by atoms with E-state index < -0.39 is 5.97 Å². The number of fused-ring (bicyclic) bond motifs is 1. The number of imidazole rings is 1. The Balaban J connectivity index is 2.35. The van der Waals surface area contributed by atoms with Crippen LogP contribution in [-0.2, 0) is 4.79 Å². The van der Waals surface area contributed by atoms with Gasteiger partial charge in [-0.1, -0.05) is 13.8 Å². The number of hydrogen-bond acceptors (Lipinski definition) is 4. The monoisotopic (exact) mass is 266 g/mol. The van der Waals surface area contributed by atoms with Crippen molar-refractivity contribution >= 4 is 28.3 Å². The van der Waals surface area contributed by atoms with Crippen molar-refractivity contribution in [3.63, 3.8) is 0 Å². The molecule has 2 aromatic heterocycles. The molecular formula is C12H14N2O3S. The lowest BCUT2D eigenvalue weighted by molar-refractivity contribution is -0.131. The molecule has 0 aliphatic carbocycles. The van der Waals surface area contributed by atoms with Crippen LogP contribution < -0.4 is 4.74 Å². The molecule has 18 heavy (non-hydrogen) atoms. The number of hydrogen-bond donors (Lipinski definition) is 1. The molecule has 0 spiro atoms. The van der Waals surface area contributed by atoms with Crippen molar-refractivity contribution in [1.82, 2.24) is 9.38 Å². The third-order valence-electron chi connectivity index (χ3n) is 2.20. The number of ether oxygens (including phenoxy) is 1. The molecule has 0 unspecified atom stereocenters. The van der Waals surface area contributed by atoms with E-state index in [1.165, 1.54) is 17.4 Å². The highest BCUT2D eigenvalue weighted by molar-refractivity contribution is 7.15. The van der Waals surface area contributed by atoms with Gasteiger partial charge in [-0.3, -0.25) is 4.40 Å². The Hall–Kier alpha value is -1.82. The molecule has 0 atom stereocenters. The minimum atomic E-state index is -0.991. The number of aliphatic carboxylic acids is 1. The van der Waals surface area contributed by atoms with Crippen molar-refractivity contribution < 1.29 is 14.6 Å². The van der Waals surface area contributed by atoms with Crippen LogP contribution in [0.3, 0.4) is 0 Å². The smallest absolute Gasteiger partial charge is 0.328 e. The van der Waals surface area contributed by atoms with E-state index in [9.17, 15) is 4.79 Å². The third kappa shape index (κ3) is 2.70. The number of aromatic nitrogens is 2. The number of thiazole rings is 1. The summed E-state index contributed by atoms with van der Waals surface area (Å²) in [6.07, 6.45) is 4.44. The van der Waals surface area contributed by atoms with Crippen LogP contribution in [0.15, 0.2) is 17.7 Å². The maximum atomic E-state index is 10.6. The standard InChI is InChI=1S/C12H14N2O3S/c1-8(2)7-17-11-9(3-4-10(15)16)14-5-6-18-12(14)13-11/h3-6,8H,7H2,1-2H3,(H,15,16)/b4-3+. The summed E-state index contributed by atoms with van der Waals surface area (Å²) in [6, 6.07) is 0. The van der Waals surface area contributed by atoms with Crippen molar-refractivity contribution in [3.05, 3.63) is 23.3 Å². The van der Waals surface area contributed by atoms with Crippen LogP contribution in [-0.4, -0.2) is 27.1 Å². The molecule has 0 bridgehead atoms. The van der Waals surface area contributed by atoms with Gasteiger partial charge in [0.15, 0.2) is 4.96 Å². The lowest BCUT2D eigenvalue weighted by Gasteiger charge is -2.06. The molecule has 2 aromatic rings. The highest BCUT2D eigenvalue weighted by Gasteiger charge is 2.12. The normalized spacial score (nSPS) is 11.7. The Morgan fingerprint density at radius 2 is 2.44 bits per heavy atom. The Morgan fingerprint density at radius 1 is 1.67 bits per heavy atom. The number of carbonyl (C=O) groups is 1. The topological polar surface area (TPSA) is 63.8 Å². The summed E-state index contributed by atoms with van der Waals surface area (Å²) < 4.78 is 7.42. The Bertz CT molecular complexity index is 583. The quantitative estimate of drug-likeness (QED) is 0.845. The molecule has 0 aliphatic rings. The zero-order valence-electron chi connectivity index (χ0n) is 10.2. The molecule has 1 N–H and O–H groups in total. The molecule has 0 radical (unpaired) electrons. The van der Waals surface area contributed by atoms with E-state index in [1.807, 2.05) is 29.8 Å². The first-order valence-electron chi connectivity index (χ1n) is 5.57. The highest BCUT2D eigenvalue weighted by Crippen LogP contribution is 2.24. The number of rotatable bonds is 5. The first-order valence-corrected chi connectivity index (χ1v) is 6.45. The minimum Gasteiger partial charge on any atom is -0.478 e. The molecule has 6 heteroatoms. The SMILES string of the molecule is CC(C)COc1nc2sccn2c1/C=C/C(=O)O. The van der Waals surface area contributed by atoms with Gasteiger partial charge in [0, 0.05) is 17.7 Å². The van der Waals surface area contributed by atoms with Gasteiger partial charge in [0.25, 0.3) is 0 Å². The fourth-order valence-electron chi connectivity index (χ4n) is 1.44. The van der Waals surface area contributed by atoms with Crippen LogP contribution in [0.5, 0.6) is 5.88 Å². The average Bonchev–Trinajstić information content (AvgIpc) is 2.83. The van der Waals surface area contributed by atoms with Gasteiger partial charge in [0.1, 0.15) is 5.69 Å². The van der Waals surface area contributed by atoms with Gasteiger partial charge in [-0.05, 0) is 12.0 Å². The van der Waals surface area contributed by atoms with E-state index in [1.54, 1.807) is 0 Å². The molecule has 96 valence electrons. The van der Waals surface area contributed by atoms with Crippen molar-refractivity contribution in [2.75, 3.05) is 6.61 Å². The van der Waals surface area contributed by atoms with E-state index in [2.05, 4.69) is 4.98 Å². The number of carboxylic acids is 1. The van der Waals surface area contributed by atoms with Gasteiger partial charge in [-0.2, -0.15) is 4.98 Å². The molecule has 0 fully saturated rings. The predicted octanol–water partition coefficient (Wildman–Crippen LogP) is 2.53. The fourth-order valence-corrected chi connectivity index (χ4v) is 2.15. The van der Waals surface area contributed by atoms with Crippen molar-refractivity contribution in [3.8, 4) is 5.88 Å². The van der Waals surface area contributed by atoms with Crippen LogP contribution >= 0.6 is 11.3 Å². The maximum absolute atomic E-state index is 10.6. The van der Waals surface area contributed by atoms with Crippen molar-refractivity contribution in [2.45, 2.75) is 13.8 Å². The average molecular weight is 266 g/mol. The van der Waals surface area contributed by atoms with E-state index in [-0.39, 0.29) is 0 Å². The Labute approximate surface area is 108 Å². The lowest BCUT2D eigenvalue weighted by Crippen LogP contribution is -2.05.